The summed E-state index contributed by atoms with van der Waals surface area (Å²) in [5, 5.41) is 7.12. The van der Waals surface area contributed by atoms with Gasteiger partial charge in [-0.2, -0.15) is 13.2 Å². The molecule has 2 atom stereocenters. The molecule has 1 N–H and O–H groups in total. The zero-order chi connectivity index (χ0) is 23.9. The Balaban J connectivity index is 0.000000451. The first-order valence-corrected chi connectivity index (χ1v) is 11.2. The number of hydrogen-bond acceptors (Lipinski definition) is 6. The van der Waals surface area contributed by atoms with Crippen LogP contribution in [0, 0.1) is 12.3 Å². The number of hydrogen-bond donors (Lipinski definition) is 1. The van der Waals surface area contributed by atoms with Crippen molar-refractivity contribution >= 4 is 23.2 Å². The zero-order valence-corrected chi connectivity index (χ0v) is 19.4. The molecule has 1 amide bonds. The van der Waals surface area contributed by atoms with Gasteiger partial charge in [-0.25, -0.2) is 4.79 Å². The number of ether oxygens (including phenoxy) is 2. The quantitative estimate of drug-likeness (QED) is 0.674. The maximum absolute atomic E-state index is 11.8. The number of aliphatic carboxylic acids is 1. The van der Waals surface area contributed by atoms with Crippen molar-refractivity contribution in [2.75, 3.05) is 47.0 Å². The van der Waals surface area contributed by atoms with E-state index in [9.17, 15) is 18.0 Å². The number of carboxylic acid groups (broad SMARTS) is 1. The van der Waals surface area contributed by atoms with Crippen LogP contribution in [-0.4, -0.2) is 86.1 Å². The van der Waals surface area contributed by atoms with E-state index < -0.39 is 12.1 Å². The van der Waals surface area contributed by atoms with Crippen molar-refractivity contribution in [3.63, 3.8) is 0 Å². The molecule has 0 saturated carbocycles. The number of carbonyl (C=O) groups excluding carboxylic acids is 1. The number of carboxylic acids is 1. The van der Waals surface area contributed by atoms with Crippen LogP contribution in [0.3, 0.4) is 0 Å². The average Bonchev–Trinajstić information content (AvgIpc) is 3.11. The number of rotatable bonds is 6. The maximum Gasteiger partial charge on any atom is 0.490 e. The number of thiophene rings is 1. The Bertz CT molecular complexity index is 771. The molecule has 7 nitrogen and oxygen atoms in total. The number of carbonyl (C=O) groups is 2. The predicted molar refractivity (Wildman–Crippen MR) is 114 cm³/mol. The summed E-state index contributed by atoms with van der Waals surface area (Å²) < 4.78 is 43.7. The van der Waals surface area contributed by atoms with Crippen LogP contribution < -0.4 is 0 Å². The van der Waals surface area contributed by atoms with Gasteiger partial charge < -0.3 is 19.5 Å². The van der Waals surface area contributed by atoms with E-state index in [4.69, 9.17) is 19.4 Å². The number of amides is 1. The highest BCUT2D eigenvalue weighted by Gasteiger charge is 2.46. The van der Waals surface area contributed by atoms with E-state index >= 15 is 0 Å². The lowest BCUT2D eigenvalue weighted by molar-refractivity contribution is -0.192. The summed E-state index contributed by atoms with van der Waals surface area (Å²) in [4.78, 5) is 27.6. The van der Waals surface area contributed by atoms with Gasteiger partial charge in [-0.1, -0.05) is 0 Å². The molecule has 0 aromatic carbocycles. The number of halogens is 3. The van der Waals surface area contributed by atoms with Gasteiger partial charge in [0.1, 0.15) is 6.61 Å². The van der Waals surface area contributed by atoms with Gasteiger partial charge in [0, 0.05) is 55.5 Å². The van der Waals surface area contributed by atoms with Crippen LogP contribution in [0.25, 0.3) is 0 Å². The average molecular weight is 481 g/mol. The number of piperidine rings is 1. The molecular weight excluding hydrogens is 449 g/mol. The number of nitrogens with zero attached hydrogens (tertiary/aromatic N) is 2. The van der Waals surface area contributed by atoms with Gasteiger partial charge in [-0.05, 0) is 38.3 Å². The lowest BCUT2D eigenvalue weighted by Crippen LogP contribution is -2.56. The highest BCUT2D eigenvalue weighted by atomic mass is 32.1. The monoisotopic (exact) mass is 480 g/mol. The molecule has 0 spiro atoms. The van der Waals surface area contributed by atoms with E-state index in [0.717, 1.165) is 45.5 Å². The molecule has 0 bridgehead atoms. The third-order valence-corrected chi connectivity index (χ3v) is 6.58. The molecule has 2 aliphatic rings. The fourth-order valence-corrected chi connectivity index (χ4v) is 4.92. The Morgan fingerprint density at radius 2 is 2.06 bits per heavy atom. The molecule has 2 aliphatic heterocycles. The van der Waals surface area contributed by atoms with Crippen LogP contribution in [0.2, 0.25) is 0 Å². The van der Waals surface area contributed by atoms with Crippen LogP contribution in [0.5, 0.6) is 0 Å². The summed E-state index contributed by atoms with van der Waals surface area (Å²) in [5.74, 6) is -2.74. The summed E-state index contributed by atoms with van der Waals surface area (Å²) >= 11 is 1.88. The first-order chi connectivity index (χ1) is 14.9. The smallest absolute Gasteiger partial charge is 0.475 e. The molecule has 2 unspecified atom stereocenters. The van der Waals surface area contributed by atoms with Gasteiger partial charge in [-0.3, -0.25) is 9.69 Å². The minimum Gasteiger partial charge on any atom is -0.475 e. The summed E-state index contributed by atoms with van der Waals surface area (Å²) in [7, 11) is 3.53. The Kier molecular flexibility index (Phi) is 9.50. The molecule has 182 valence electrons. The van der Waals surface area contributed by atoms with Crippen molar-refractivity contribution in [3.05, 3.63) is 21.9 Å². The molecule has 1 aromatic heterocycles. The SMILES string of the molecule is Cc1ccc(CN2CCC3OCCCC3(COCC(=O)N(C)C)C2)s1.O=C(O)C(F)(F)F. The topological polar surface area (TPSA) is 79.3 Å². The van der Waals surface area contributed by atoms with Gasteiger partial charge in [0.15, 0.2) is 0 Å². The second kappa shape index (κ2) is 11.4. The van der Waals surface area contributed by atoms with E-state index in [1.165, 1.54) is 9.75 Å². The Labute approximate surface area is 190 Å². The zero-order valence-electron chi connectivity index (χ0n) is 18.6. The summed E-state index contributed by atoms with van der Waals surface area (Å²) in [6.07, 6.45) is -1.58. The number of likely N-dealkylation sites (tertiary alicyclic amines) is 1. The standard InChI is InChI=1S/C19H30N2O3S.C2HF3O2/c1-15-5-6-16(25-15)11-21-9-7-17-19(13-21,8-4-10-24-17)14-23-12-18(22)20(2)3;3-2(4,5)1(6)7/h5-6,17H,4,7-14H2,1-3H3;(H,6,7). The maximum atomic E-state index is 11.8. The second-order valence-electron chi connectivity index (χ2n) is 8.42. The minimum absolute atomic E-state index is 0.0198. The molecular formula is C21H31F3N2O5S. The normalized spacial score (nSPS) is 23.6. The third kappa shape index (κ3) is 7.72. The third-order valence-electron chi connectivity index (χ3n) is 5.60. The van der Waals surface area contributed by atoms with Crippen molar-refractivity contribution in [3.8, 4) is 0 Å². The van der Waals surface area contributed by atoms with Crippen molar-refractivity contribution in [1.82, 2.24) is 9.80 Å². The van der Waals surface area contributed by atoms with Crippen LogP contribution >= 0.6 is 11.3 Å². The summed E-state index contributed by atoms with van der Waals surface area (Å²) in [5.41, 5.74) is 0.0232. The number of likely N-dealkylation sites (N-methyl/N-ethyl adjacent to an activating group) is 1. The first-order valence-electron chi connectivity index (χ1n) is 10.4. The van der Waals surface area contributed by atoms with Gasteiger partial charge in [0.25, 0.3) is 0 Å². The number of aryl methyl sites for hydroxylation is 1. The lowest BCUT2D eigenvalue weighted by Gasteiger charge is -2.50. The first kappa shape index (κ1) is 26.6. The highest BCUT2D eigenvalue weighted by Crippen LogP contribution is 2.41. The van der Waals surface area contributed by atoms with E-state index in [2.05, 4.69) is 24.0 Å². The minimum atomic E-state index is -5.08. The number of alkyl halides is 3. The van der Waals surface area contributed by atoms with Crippen molar-refractivity contribution < 1.29 is 37.3 Å². The molecule has 32 heavy (non-hydrogen) atoms. The molecule has 2 fully saturated rings. The fourth-order valence-electron chi connectivity index (χ4n) is 3.99. The van der Waals surface area contributed by atoms with Crippen molar-refractivity contribution in [1.29, 1.82) is 0 Å². The molecule has 2 saturated heterocycles. The van der Waals surface area contributed by atoms with Crippen molar-refractivity contribution in [2.45, 2.75) is 45.0 Å². The van der Waals surface area contributed by atoms with E-state index in [0.29, 0.717) is 6.61 Å². The Hall–Kier alpha value is -1.69. The lowest BCUT2D eigenvalue weighted by atomic mass is 9.73. The second-order valence-corrected chi connectivity index (χ2v) is 9.79. The molecule has 0 aliphatic carbocycles. The van der Waals surface area contributed by atoms with E-state index in [1.54, 1.807) is 19.0 Å². The molecule has 0 radical (unpaired) electrons. The molecule has 3 heterocycles. The van der Waals surface area contributed by atoms with Crippen LogP contribution in [0.15, 0.2) is 12.1 Å². The highest BCUT2D eigenvalue weighted by molar-refractivity contribution is 7.11. The number of fused-ring (bicyclic) bond motifs is 1. The largest absolute Gasteiger partial charge is 0.490 e. The van der Waals surface area contributed by atoms with Gasteiger partial charge in [0.2, 0.25) is 5.91 Å². The Morgan fingerprint density at radius 3 is 2.62 bits per heavy atom. The van der Waals surface area contributed by atoms with Crippen LogP contribution in [0.1, 0.15) is 29.0 Å². The molecule has 3 rings (SSSR count). The van der Waals surface area contributed by atoms with Crippen LogP contribution in [-0.2, 0) is 25.6 Å². The van der Waals surface area contributed by atoms with Gasteiger partial charge in [0.05, 0.1) is 12.7 Å². The summed E-state index contributed by atoms with van der Waals surface area (Å²) in [6.45, 7) is 6.84. The Morgan fingerprint density at radius 1 is 1.38 bits per heavy atom. The summed E-state index contributed by atoms with van der Waals surface area (Å²) in [6, 6.07) is 4.44. The van der Waals surface area contributed by atoms with Gasteiger partial charge in [-0.15, -0.1) is 11.3 Å². The predicted octanol–water partition coefficient (Wildman–Crippen LogP) is 3.17. The molecule has 1 aromatic rings. The molecule has 11 heteroatoms. The van der Waals surface area contributed by atoms with Crippen molar-refractivity contribution in [2.24, 2.45) is 5.41 Å². The van der Waals surface area contributed by atoms with Crippen LogP contribution in [0.4, 0.5) is 13.2 Å². The van der Waals surface area contributed by atoms with E-state index in [1.807, 2.05) is 11.3 Å². The van der Waals surface area contributed by atoms with E-state index in [-0.39, 0.29) is 24.0 Å². The van der Waals surface area contributed by atoms with Gasteiger partial charge >= 0.3 is 12.1 Å². The fraction of sp³-hybridized carbons (Fsp3) is 0.714.